The van der Waals surface area contributed by atoms with E-state index in [9.17, 15) is 14.3 Å². The summed E-state index contributed by atoms with van der Waals surface area (Å²) in [4.78, 5) is 14.7. The van der Waals surface area contributed by atoms with E-state index in [4.69, 9.17) is 11.6 Å². The van der Waals surface area contributed by atoms with Crippen LogP contribution >= 0.6 is 11.6 Å². The van der Waals surface area contributed by atoms with Crippen LogP contribution in [0, 0.1) is 11.7 Å². The van der Waals surface area contributed by atoms with E-state index in [1.165, 1.54) is 12.1 Å². The first-order valence-electron chi connectivity index (χ1n) is 9.13. The molecule has 1 aliphatic heterocycles. The smallest absolute Gasteiger partial charge is 0.223 e. The average Bonchev–Trinajstić information content (AvgIpc) is 3.09. The number of hydrogen-bond donors (Lipinski definition) is 1. The summed E-state index contributed by atoms with van der Waals surface area (Å²) in [6, 6.07) is 10.9. The summed E-state index contributed by atoms with van der Waals surface area (Å²) in [5, 5.41) is 10.3. The molecular weight excluding hydrogens is 365 g/mol. The van der Waals surface area contributed by atoms with Gasteiger partial charge < -0.3 is 10.0 Å². The second-order valence-electron chi connectivity index (χ2n) is 7.10. The van der Waals surface area contributed by atoms with E-state index in [0.29, 0.717) is 23.6 Å². The summed E-state index contributed by atoms with van der Waals surface area (Å²) in [5.41, 5.74) is 1.93. The normalized spacial score (nSPS) is 17.7. The SMILES string of the molecule is CCC(C)CC(=O)N1CC(c2cc(Cl)ccc2F)=CC1c1cccc(O)c1. The van der Waals surface area contributed by atoms with Gasteiger partial charge in [-0.2, -0.15) is 0 Å². The molecule has 27 heavy (non-hydrogen) atoms. The largest absolute Gasteiger partial charge is 0.508 e. The lowest BCUT2D eigenvalue weighted by atomic mass is 10.0. The zero-order chi connectivity index (χ0) is 19.6. The fourth-order valence-corrected chi connectivity index (χ4v) is 3.49. The van der Waals surface area contributed by atoms with Gasteiger partial charge in [0.25, 0.3) is 0 Å². The van der Waals surface area contributed by atoms with Crippen LogP contribution in [0.4, 0.5) is 4.39 Å². The van der Waals surface area contributed by atoms with Crippen molar-refractivity contribution < 1.29 is 14.3 Å². The summed E-state index contributed by atoms with van der Waals surface area (Å²) in [7, 11) is 0. The van der Waals surface area contributed by atoms with E-state index < -0.39 is 0 Å². The minimum absolute atomic E-state index is 0.0198. The number of carbonyl (C=O) groups is 1. The average molecular weight is 388 g/mol. The van der Waals surface area contributed by atoms with Gasteiger partial charge in [0.15, 0.2) is 0 Å². The molecule has 0 saturated heterocycles. The maximum Gasteiger partial charge on any atom is 0.223 e. The summed E-state index contributed by atoms with van der Waals surface area (Å²) >= 11 is 6.05. The highest BCUT2D eigenvalue weighted by Crippen LogP contribution is 2.37. The first-order valence-corrected chi connectivity index (χ1v) is 9.51. The van der Waals surface area contributed by atoms with Crippen LogP contribution in [0.1, 0.15) is 43.9 Å². The van der Waals surface area contributed by atoms with Crippen molar-refractivity contribution in [3.05, 3.63) is 70.5 Å². The molecule has 0 fully saturated rings. The van der Waals surface area contributed by atoms with Gasteiger partial charge in [-0.25, -0.2) is 4.39 Å². The van der Waals surface area contributed by atoms with E-state index in [-0.39, 0.29) is 29.4 Å². The summed E-state index contributed by atoms with van der Waals surface area (Å²) in [6.45, 7) is 4.41. The van der Waals surface area contributed by atoms with Crippen LogP contribution in [0.5, 0.6) is 5.75 Å². The zero-order valence-corrected chi connectivity index (χ0v) is 16.2. The Balaban J connectivity index is 1.99. The number of phenols is 1. The Kier molecular flexibility index (Phi) is 5.85. The molecule has 3 nitrogen and oxygen atoms in total. The van der Waals surface area contributed by atoms with Gasteiger partial charge in [-0.3, -0.25) is 4.79 Å². The highest BCUT2D eigenvalue weighted by Gasteiger charge is 2.32. The summed E-state index contributed by atoms with van der Waals surface area (Å²) in [5.74, 6) is 0.0646. The number of carbonyl (C=O) groups excluding carboxylic acids is 1. The van der Waals surface area contributed by atoms with E-state index in [1.807, 2.05) is 19.1 Å². The molecule has 1 amide bonds. The monoisotopic (exact) mass is 387 g/mol. The Hall–Kier alpha value is -2.33. The first kappa shape index (κ1) is 19.4. The fourth-order valence-electron chi connectivity index (χ4n) is 3.32. The molecule has 2 atom stereocenters. The van der Waals surface area contributed by atoms with Gasteiger partial charge in [0.2, 0.25) is 5.91 Å². The fraction of sp³-hybridized carbons (Fsp3) is 0.318. The molecule has 1 heterocycles. The number of phenolic OH excluding ortho intramolecular Hbond substituents is 1. The second kappa shape index (κ2) is 8.13. The number of aromatic hydroxyl groups is 1. The third-order valence-electron chi connectivity index (χ3n) is 5.06. The molecule has 1 N–H and O–H groups in total. The standard InChI is InChI=1S/C22H23ClFNO2/c1-3-14(2)9-22(27)25-13-16(19-12-17(23)7-8-20(19)24)11-21(25)15-5-4-6-18(26)10-15/h4-8,10-12,14,21,26H,3,9,13H2,1-2H3. The van der Waals surface area contributed by atoms with Gasteiger partial charge >= 0.3 is 0 Å². The molecule has 142 valence electrons. The van der Waals surface area contributed by atoms with Crippen molar-refractivity contribution in [3.63, 3.8) is 0 Å². The topological polar surface area (TPSA) is 40.5 Å². The van der Waals surface area contributed by atoms with Crippen molar-refractivity contribution >= 4 is 23.1 Å². The van der Waals surface area contributed by atoms with Crippen LogP contribution in [-0.4, -0.2) is 22.5 Å². The first-order chi connectivity index (χ1) is 12.9. The number of rotatable bonds is 5. The maximum absolute atomic E-state index is 14.4. The van der Waals surface area contributed by atoms with Crippen LogP contribution in [0.2, 0.25) is 5.02 Å². The van der Waals surface area contributed by atoms with Crippen LogP contribution in [0.3, 0.4) is 0 Å². The predicted octanol–water partition coefficient (Wildman–Crippen LogP) is 5.59. The molecule has 0 aromatic heterocycles. The lowest BCUT2D eigenvalue weighted by molar-refractivity contribution is -0.132. The predicted molar refractivity (Wildman–Crippen MR) is 106 cm³/mol. The Morgan fingerprint density at radius 1 is 1.33 bits per heavy atom. The molecule has 2 aromatic rings. The molecule has 0 radical (unpaired) electrons. The van der Waals surface area contributed by atoms with E-state index >= 15 is 0 Å². The van der Waals surface area contributed by atoms with Gasteiger partial charge in [-0.15, -0.1) is 0 Å². The van der Waals surface area contributed by atoms with Gasteiger partial charge in [-0.1, -0.05) is 50.1 Å². The minimum Gasteiger partial charge on any atom is -0.508 e. The highest BCUT2D eigenvalue weighted by molar-refractivity contribution is 6.30. The van der Waals surface area contributed by atoms with Gasteiger partial charge in [0.05, 0.1) is 6.04 Å². The summed E-state index contributed by atoms with van der Waals surface area (Å²) in [6.07, 6.45) is 3.24. The molecule has 2 unspecified atom stereocenters. The molecular formula is C22H23ClFNO2. The van der Waals surface area contributed by atoms with Crippen LogP contribution < -0.4 is 0 Å². The number of benzene rings is 2. The molecule has 0 spiro atoms. The van der Waals surface area contributed by atoms with Crippen LogP contribution in [-0.2, 0) is 4.79 Å². The minimum atomic E-state index is -0.364. The van der Waals surface area contributed by atoms with E-state index in [2.05, 4.69) is 6.92 Å². The van der Waals surface area contributed by atoms with Crippen molar-refractivity contribution in [3.8, 4) is 5.75 Å². The van der Waals surface area contributed by atoms with Crippen molar-refractivity contribution in [1.29, 1.82) is 0 Å². The van der Waals surface area contributed by atoms with E-state index in [1.54, 1.807) is 29.2 Å². The Morgan fingerprint density at radius 2 is 2.11 bits per heavy atom. The summed E-state index contributed by atoms with van der Waals surface area (Å²) < 4.78 is 14.4. The Labute approximate surface area is 164 Å². The molecule has 2 aromatic carbocycles. The third-order valence-corrected chi connectivity index (χ3v) is 5.30. The molecule has 3 rings (SSSR count). The lowest BCUT2D eigenvalue weighted by Gasteiger charge is -2.26. The highest BCUT2D eigenvalue weighted by atomic mass is 35.5. The van der Waals surface area contributed by atoms with Gasteiger partial charge in [0.1, 0.15) is 11.6 Å². The Bertz CT molecular complexity index is 880. The quantitative estimate of drug-likeness (QED) is 0.726. The second-order valence-corrected chi connectivity index (χ2v) is 7.53. The van der Waals surface area contributed by atoms with Gasteiger partial charge in [-0.05, 0) is 47.4 Å². The molecule has 0 bridgehead atoms. The lowest BCUT2D eigenvalue weighted by Crippen LogP contribution is -2.32. The van der Waals surface area contributed by atoms with Crippen molar-refractivity contribution in [1.82, 2.24) is 4.90 Å². The van der Waals surface area contributed by atoms with Crippen LogP contribution in [0.15, 0.2) is 48.5 Å². The van der Waals surface area contributed by atoms with Crippen LogP contribution in [0.25, 0.3) is 5.57 Å². The van der Waals surface area contributed by atoms with Crippen molar-refractivity contribution in [2.45, 2.75) is 32.7 Å². The number of amides is 1. The third kappa shape index (κ3) is 4.33. The molecule has 1 aliphatic rings. The molecule has 0 aliphatic carbocycles. The Morgan fingerprint density at radius 3 is 2.81 bits per heavy atom. The maximum atomic E-state index is 14.4. The van der Waals surface area contributed by atoms with E-state index in [0.717, 1.165) is 17.6 Å². The zero-order valence-electron chi connectivity index (χ0n) is 15.5. The number of hydrogen-bond acceptors (Lipinski definition) is 2. The number of nitrogens with zero attached hydrogens (tertiary/aromatic N) is 1. The van der Waals surface area contributed by atoms with Gasteiger partial charge in [0, 0.05) is 23.6 Å². The van der Waals surface area contributed by atoms with Crippen molar-refractivity contribution in [2.75, 3.05) is 6.54 Å². The molecule has 5 heteroatoms. The molecule has 0 saturated carbocycles. The number of halogens is 2. The van der Waals surface area contributed by atoms with Crippen molar-refractivity contribution in [2.24, 2.45) is 5.92 Å².